The number of benzene rings is 1. The second kappa shape index (κ2) is 4.56. The molecule has 1 aromatic carbocycles. The van der Waals surface area contributed by atoms with Crippen molar-refractivity contribution in [2.45, 2.75) is 0 Å². The second-order valence-corrected chi connectivity index (χ2v) is 4.28. The molecule has 0 saturated carbocycles. The van der Waals surface area contributed by atoms with Crippen LogP contribution in [-0.2, 0) is 18.3 Å². The van der Waals surface area contributed by atoms with E-state index in [-0.39, 0.29) is 12.4 Å². The van der Waals surface area contributed by atoms with Gasteiger partial charge >= 0.3 is 73.9 Å². The van der Waals surface area contributed by atoms with Crippen molar-refractivity contribution in [3.63, 3.8) is 0 Å². The molecule has 10 heavy (non-hydrogen) atoms. The molecule has 0 N–H and O–H groups in total. The molecule has 0 spiro atoms. The van der Waals surface area contributed by atoms with Gasteiger partial charge in [0.2, 0.25) is 0 Å². The number of hydrogen-bond acceptors (Lipinski definition) is 0. The van der Waals surface area contributed by atoms with Crippen molar-refractivity contribution in [1.29, 1.82) is 0 Å². The summed E-state index contributed by atoms with van der Waals surface area (Å²) in [6, 6.07) is 5.70. The van der Waals surface area contributed by atoms with Gasteiger partial charge in [-0.3, -0.25) is 0 Å². The van der Waals surface area contributed by atoms with Crippen molar-refractivity contribution in [3.8, 4) is 0 Å². The third kappa shape index (κ3) is 2.76. The first-order chi connectivity index (χ1) is 4.20. The van der Waals surface area contributed by atoms with Gasteiger partial charge in [-0.05, 0) is 0 Å². The Hall–Kier alpha value is 0.713. The van der Waals surface area contributed by atoms with Gasteiger partial charge in [0, 0.05) is 0 Å². The normalized spacial score (nSPS) is 8.80. The van der Waals surface area contributed by atoms with Gasteiger partial charge in [0.25, 0.3) is 0 Å². The van der Waals surface area contributed by atoms with Crippen LogP contribution in [0.4, 0.5) is 0 Å². The van der Waals surface area contributed by atoms with Gasteiger partial charge in [-0.1, -0.05) is 0 Å². The first-order valence-electron chi connectivity index (χ1n) is 2.47. The molecule has 0 atom stereocenters. The Labute approximate surface area is 86.0 Å². The summed E-state index contributed by atoms with van der Waals surface area (Å²) in [6.45, 7) is 0. The van der Waals surface area contributed by atoms with Crippen LogP contribution in [0.1, 0.15) is 0 Å². The smallest absolute Gasteiger partial charge is 1.00 e. The van der Waals surface area contributed by atoms with Crippen molar-refractivity contribution in [3.05, 3.63) is 28.2 Å². The molecule has 0 heterocycles. The SMILES string of the molecule is Clc1cc[c]([Zn+])cc1Cl.[Cl-]. The molecule has 0 saturated heterocycles. The van der Waals surface area contributed by atoms with Gasteiger partial charge in [0.15, 0.2) is 0 Å². The van der Waals surface area contributed by atoms with Crippen LogP contribution >= 0.6 is 23.2 Å². The van der Waals surface area contributed by atoms with E-state index >= 15 is 0 Å². The van der Waals surface area contributed by atoms with Crippen molar-refractivity contribution >= 4 is 27.4 Å². The molecule has 0 bridgehead atoms. The molecular weight excluding hydrogens is 244 g/mol. The van der Waals surface area contributed by atoms with E-state index in [0.717, 1.165) is 18.3 Å². The first-order valence-corrected chi connectivity index (χ1v) is 4.71. The molecule has 0 amide bonds. The van der Waals surface area contributed by atoms with Crippen LogP contribution in [0.15, 0.2) is 18.2 Å². The fraction of sp³-hybridized carbons (Fsp3) is 0. The average Bonchev–Trinajstić information content (AvgIpc) is 1.80. The fourth-order valence-electron chi connectivity index (χ4n) is 0.540. The molecule has 0 aliphatic rings. The first kappa shape index (κ1) is 10.7. The van der Waals surface area contributed by atoms with E-state index in [2.05, 4.69) is 0 Å². The minimum Gasteiger partial charge on any atom is -1.00 e. The summed E-state index contributed by atoms with van der Waals surface area (Å²) in [4.78, 5) is 0. The third-order valence-electron chi connectivity index (χ3n) is 0.984. The molecule has 1 rings (SSSR count). The molecule has 4 heteroatoms. The maximum absolute atomic E-state index is 5.70. The fourth-order valence-corrected chi connectivity index (χ4v) is 1.81. The molecular formula is C6H3Cl3Zn. The van der Waals surface area contributed by atoms with Crippen molar-refractivity contribution < 1.29 is 30.7 Å². The van der Waals surface area contributed by atoms with Crippen LogP contribution in [0.3, 0.4) is 0 Å². The Morgan fingerprint density at radius 1 is 1.10 bits per heavy atom. The van der Waals surface area contributed by atoms with Gasteiger partial charge in [-0.25, -0.2) is 0 Å². The Kier molecular flexibility index (Phi) is 4.89. The molecule has 50 valence electrons. The largest absolute Gasteiger partial charge is 1.00 e. The zero-order valence-corrected chi connectivity index (χ0v) is 10.3. The minimum absolute atomic E-state index is 0. The molecule has 0 radical (unpaired) electrons. The van der Waals surface area contributed by atoms with E-state index < -0.39 is 0 Å². The van der Waals surface area contributed by atoms with E-state index in [9.17, 15) is 0 Å². The van der Waals surface area contributed by atoms with Crippen LogP contribution in [0.2, 0.25) is 10.0 Å². The van der Waals surface area contributed by atoms with E-state index in [1.165, 1.54) is 4.16 Å². The van der Waals surface area contributed by atoms with Crippen LogP contribution in [-0.4, -0.2) is 0 Å². The summed E-state index contributed by atoms with van der Waals surface area (Å²) in [5.41, 5.74) is 0. The van der Waals surface area contributed by atoms with Crippen LogP contribution < -0.4 is 16.6 Å². The number of halogens is 3. The van der Waals surface area contributed by atoms with Crippen molar-refractivity contribution in [1.82, 2.24) is 0 Å². The topological polar surface area (TPSA) is 0 Å². The zero-order chi connectivity index (χ0) is 6.85. The summed E-state index contributed by atoms with van der Waals surface area (Å²) < 4.78 is 1.25. The van der Waals surface area contributed by atoms with Crippen molar-refractivity contribution in [2.24, 2.45) is 0 Å². The number of hydrogen-bond donors (Lipinski definition) is 0. The summed E-state index contributed by atoms with van der Waals surface area (Å²) in [7, 11) is 0. The van der Waals surface area contributed by atoms with Gasteiger partial charge in [-0.2, -0.15) is 0 Å². The van der Waals surface area contributed by atoms with Gasteiger partial charge in [0.05, 0.1) is 0 Å². The molecule has 0 aliphatic carbocycles. The van der Waals surface area contributed by atoms with E-state index in [1.807, 2.05) is 18.2 Å². The second-order valence-electron chi connectivity index (χ2n) is 1.75. The summed E-state index contributed by atoms with van der Waals surface area (Å²) in [5, 5.41) is 1.29. The Bertz CT molecular complexity index is 224. The maximum atomic E-state index is 5.70. The van der Waals surface area contributed by atoms with E-state index in [0.29, 0.717) is 10.0 Å². The molecule has 0 fully saturated rings. The Morgan fingerprint density at radius 2 is 1.70 bits per heavy atom. The minimum atomic E-state index is 0. The summed E-state index contributed by atoms with van der Waals surface area (Å²) >= 11 is 12.5. The van der Waals surface area contributed by atoms with E-state index in [4.69, 9.17) is 23.2 Å². The van der Waals surface area contributed by atoms with Crippen LogP contribution in [0.25, 0.3) is 0 Å². The zero-order valence-electron chi connectivity index (χ0n) is 5.07. The number of rotatable bonds is 0. The molecule has 0 nitrogen and oxygen atoms in total. The predicted molar refractivity (Wildman–Crippen MR) is 36.1 cm³/mol. The summed E-state index contributed by atoms with van der Waals surface area (Å²) in [5.74, 6) is 0. The maximum Gasteiger partial charge on any atom is -1.00 e. The average molecular weight is 247 g/mol. The van der Waals surface area contributed by atoms with Gasteiger partial charge < -0.3 is 12.4 Å². The quantitative estimate of drug-likeness (QED) is 0.525. The Morgan fingerprint density at radius 3 is 2.10 bits per heavy atom. The van der Waals surface area contributed by atoms with Crippen LogP contribution in [0.5, 0.6) is 0 Å². The van der Waals surface area contributed by atoms with Crippen molar-refractivity contribution in [2.75, 3.05) is 0 Å². The Balaban J connectivity index is 0.000000810. The summed E-state index contributed by atoms with van der Waals surface area (Å²) in [6.07, 6.45) is 0. The standard InChI is InChI=1S/C6H3Cl2.ClH.Zn/c7-5-3-1-2-4-6(5)8;;/h1,3-4H;1H;/q;;+1/p-1. The molecule has 0 unspecified atom stereocenters. The molecule has 1 aromatic rings. The third-order valence-corrected chi connectivity index (χ3v) is 2.65. The van der Waals surface area contributed by atoms with E-state index in [1.54, 1.807) is 0 Å². The molecule has 0 aromatic heterocycles. The predicted octanol–water partition coefficient (Wildman–Crippen LogP) is -0.831. The van der Waals surface area contributed by atoms with Gasteiger partial charge in [0.1, 0.15) is 0 Å². The van der Waals surface area contributed by atoms with Crippen LogP contribution in [0, 0.1) is 0 Å². The molecule has 0 aliphatic heterocycles. The van der Waals surface area contributed by atoms with Gasteiger partial charge in [-0.15, -0.1) is 0 Å². The monoisotopic (exact) mass is 244 g/mol.